The highest BCUT2D eigenvalue weighted by atomic mass is 16.6. The second-order valence-electron chi connectivity index (χ2n) is 4.76. The number of oxime groups is 1. The van der Waals surface area contributed by atoms with Crippen molar-refractivity contribution in [2.24, 2.45) is 10.9 Å². The zero-order valence-electron chi connectivity index (χ0n) is 12.9. The number of hydrogen-bond donors (Lipinski definition) is 1. The number of nitrogens with two attached hydrogens (primary N) is 1. The van der Waals surface area contributed by atoms with Crippen molar-refractivity contribution in [2.75, 3.05) is 0 Å². The molecule has 3 rings (SSSR count). The Bertz CT molecular complexity index is 832. The summed E-state index contributed by atoms with van der Waals surface area (Å²) in [5, 5.41) is 7.51. The van der Waals surface area contributed by atoms with E-state index in [1.165, 1.54) is 0 Å². The molecule has 2 aromatic heterocycles. The van der Waals surface area contributed by atoms with Crippen molar-refractivity contribution < 1.29 is 14.1 Å². The van der Waals surface area contributed by atoms with Crippen molar-refractivity contribution >= 4 is 5.84 Å². The van der Waals surface area contributed by atoms with E-state index >= 15 is 0 Å². The first-order chi connectivity index (χ1) is 11.7. The fourth-order valence-electron chi connectivity index (χ4n) is 1.87. The van der Waals surface area contributed by atoms with E-state index in [9.17, 15) is 0 Å². The van der Waals surface area contributed by atoms with Gasteiger partial charge in [-0.1, -0.05) is 28.5 Å². The Balaban J connectivity index is 1.72. The molecular weight excluding hydrogens is 310 g/mol. The van der Waals surface area contributed by atoms with Crippen LogP contribution < -0.4 is 10.5 Å². The summed E-state index contributed by atoms with van der Waals surface area (Å²) in [6, 6.07) is 12.7. The quantitative estimate of drug-likeness (QED) is 0.421. The third-order valence-electron chi connectivity index (χ3n) is 2.93. The van der Waals surface area contributed by atoms with Crippen molar-refractivity contribution in [1.29, 1.82) is 0 Å². The van der Waals surface area contributed by atoms with Gasteiger partial charge >= 0.3 is 0 Å². The Labute approximate surface area is 137 Å². The average molecular weight is 325 g/mol. The lowest BCUT2D eigenvalue weighted by Gasteiger charge is -2.09. The zero-order chi connectivity index (χ0) is 16.8. The highest BCUT2D eigenvalue weighted by molar-refractivity contribution is 5.99. The molecule has 0 saturated heterocycles. The maximum atomic E-state index is 5.96. The molecule has 0 fully saturated rings. The van der Waals surface area contributed by atoms with Gasteiger partial charge in [0.05, 0.1) is 5.56 Å². The molecule has 24 heavy (non-hydrogen) atoms. The van der Waals surface area contributed by atoms with Crippen LogP contribution in [-0.2, 0) is 11.4 Å². The Morgan fingerprint density at radius 1 is 1.21 bits per heavy atom. The van der Waals surface area contributed by atoms with E-state index in [-0.39, 0.29) is 12.4 Å². The summed E-state index contributed by atoms with van der Waals surface area (Å²) in [5.74, 6) is 1.95. The van der Waals surface area contributed by atoms with Gasteiger partial charge in [-0.25, -0.2) is 4.98 Å². The van der Waals surface area contributed by atoms with Crippen LogP contribution in [0.15, 0.2) is 58.3 Å². The molecule has 1 aromatic carbocycles. The lowest BCUT2D eigenvalue weighted by atomic mass is 10.2. The average Bonchev–Trinajstić information content (AvgIpc) is 3.01. The third kappa shape index (κ3) is 3.86. The van der Waals surface area contributed by atoms with E-state index < -0.39 is 0 Å². The van der Waals surface area contributed by atoms with Crippen LogP contribution in [0.25, 0.3) is 0 Å². The fraction of sp³-hybridized carbons (Fsp3) is 0.125. The van der Waals surface area contributed by atoms with E-state index in [0.29, 0.717) is 28.9 Å². The van der Waals surface area contributed by atoms with Gasteiger partial charge in [0.15, 0.2) is 18.3 Å². The number of ether oxygens (including phenoxy) is 1. The number of amidine groups is 1. The molecule has 0 amide bonds. The van der Waals surface area contributed by atoms with Crippen molar-refractivity contribution in [3.63, 3.8) is 0 Å². The molecule has 0 bridgehead atoms. The molecule has 0 atom stereocenters. The number of benzene rings is 1. The highest BCUT2D eigenvalue weighted by Gasteiger charge is 2.11. The highest BCUT2D eigenvalue weighted by Crippen LogP contribution is 2.22. The van der Waals surface area contributed by atoms with Gasteiger partial charge in [0.25, 0.3) is 5.89 Å². The minimum atomic E-state index is 0.0245. The predicted octanol–water partition coefficient (Wildman–Crippen LogP) is 2.40. The Hall–Kier alpha value is -3.42. The molecule has 0 aliphatic heterocycles. The summed E-state index contributed by atoms with van der Waals surface area (Å²) < 4.78 is 10.7. The summed E-state index contributed by atoms with van der Waals surface area (Å²) in [6.45, 7) is 1.74. The van der Waals surface area contributed by atoms with Gasteiger partial charge < -0.3 is 19.8 Å². The van der Waals surface area contributed by atoms with E-state index in [1.54, 1.807) is 25.3 Å². The minimum Gasteiger partial charge on any atom is -0.438 e. The van der Waals surface area contributed by atoms with Crippen molar-refractivity contribution in [2.45, 2.75) is 13.5 Å². The van der Waals surface area contributed by atoms with Gasteiger partial charge in [-0.3, -0.25) is 0 Å². The smallest absolute Gasteiger partial charge is 0.267 e. The number of para-hydroxylation sites is 1. The first-order valence-corrected chi connectivity index (χ1v) is 7.15. The van der Waals surface area contributed by atoms with Crippen LogP contribution in [0.3, 0.4) is 0 Å². The second-order valence-corrected chi connectivity index (χ2v) is 4.76. The Morgan fingerprint density at radius 3 is 2.79 bits per heavy atom. The molecule has 0 radical (unpaired) electrons. The normalized spacial score (nSPS) is 11.3. The number of pyridine rings is 1. The van der Waals surface area contributed by atoms with Crippen LogP contribution in [0.4, 0.5) is 0 Å². The molecule has 0 unspecified atom stereocenters. The number of aromatic nitrogens is 3. The molecule has 3 aromatic rings. The SMILES string of the molecule is Cc1noc(CO/N=C(/N)c2cccnc2Oc2ccccc2)n1. The van der Waals surface area contributed by atoms with Crippen molar-refractivity contribution in [3.05, 3.63) is 65.9 Å². The van der Waals surface area contributed by atoms with Crippen molar-refractivity contribution in [1.82, 2.24) is 15.1 Å². The monoisotopic (exact) mass is 325 g/mol. The molecule has 8 nitrogen and oxygen atoms in total. The summed E-state index contributed by atoms with van der Waals surface area (Å²) in [5.41, 5.74) is 6.47. The van der Waals surface area contributed by atoms with Gasteiger partial charge in [-0.2, -0.15) is 4.98 Å². The molecule has 2 heterocycles. The molecule has 0 saturated carbocycles. The van der Waals surface area contributed by atoms with E-state index in [0.717, 1.165) is 0 Å². The van der Waals surface area contributed by atoms with Crippen molar-refractivity contribution in [3.8, 4) is 11.6 Å². The summed E-state index contributed by atoms with van der Waals surface area (Å²) in [6.07, 6.45) is 1.61. The fourth-order valence-corrected chi connectivity index (χ4v) is 1.87. The molecule has 122 valence electrons. The molecular formula is C16H15N5O3. The van der Waals surface area contributed by atoms with Gasteiger partial charge in [-0.05, 0) is 31.2 Å². The van der Waals surface area contributed by atoms with Crippen LogP contribution in [0.2, 0.25) is 0 Å². The maximum Gasteiger partial charge on any atom is 0.267 e. The summed E-state index contributed by atoms with van der Waals surface area (Å²) in [4.78, 5) is 13.3. The first-order valence-electron chi connectivity index (χ1n) is 7.15. The van der Waals surface area contributed by atoms with Crippen LogP contribution >= 0.6 is 0 Å². The maximum absolute atomic E-state index is 5.96. The van der Waals surface area contributed by atoms with Gasteiger partial charge in [0.2, 0.25) is 5.88 Å². The van der Waals surface area contributed by atoms with Crippen LogP contribution in [0.1, 0.15) is 17.3 Å². The molecule has 0 aliphatic carbocycles. The molecule has 8 heteroatoms. The largest absolute Gasteiger partial charge is 0.438 e. The predicted molar refractivity (Wildman–Crippen MR) is 85.3 cm³/mol. The topological polar surface area (TPSA) is 109 Å². The summed E-state index contributed by atoms with van der Waals surface area (Å²) >= 11 is 0. The number of aryl methyl sites for hydroxylation is 1. The minimum absolute atomic E-state index is 0.0245. The van der Waals surface area contributed by atoms with Crippen LogP contribution in [0, 0.1) is 6.92 Å². The standard InChI is InChI=1S/C16H15N5O3/c1-11-19-14(24-20-11)10-22-21-15(17)13-8-5-9-18-16(13)23-12-6-3-2-4-7-12/h2-9H,10H2,1H3,(H2,17,21). The second kappa shape index (κ2) is 7.23. The summed E-state index contributed by atoms with van der Waals surface area (Å²) in [7, 11) is 0. The molecule has 0 spiro atoms. The van der Waals surface area contributed by atoms with Gasteiger partial charge in [0.1, 0.15) is 5.75 Å². The number of nitrogens with zero attached hydrogens (tertiary/aromatic N) is 4. The van der Waals surface area contributed by atoms with Gasteiger partial charge in [-0.15, -0.1) is 0 Å². The Kier molecular flexibility index (Phi) is 4.66. The lowest BCUT2D eigenvalue weighted by Crippen LogP contribution is -2.15. The van der Waals surface area contributed by atoms with E-state index in [1.807, 2.05) is 30.3 Å². The number of hydrogen-bond acceptors (Lipinski definition) is 7. The van der Waals surface area contributed by atoms with E-state index in [2.05, 4.69) is 20.3 Å². The Morgan fingerprint density at radius 2 is 2.04 bits per heavy atom. The van der Waals surface area contributed by atoms with Crippen LogP contribution in [0.5, 0.6) is 11.6 Å². The first kappa shape index (κ1) is 15.5. The van der Waals surface area contributed by atoms with E-state index in [4.69, 9.17) is 19.8 Å². The molecule has 0 aliphatic rings. The molecule has 2 N–H and O–H groups in total. The lowest BCUT2D eigenvalue weighted by molar-refractivity contribution is 0.105. The number of rotatable bonds is 6. The zero-order valence-corrected chi connectivity index (χ0v) is 12.9. The van der Waals surface area contributed by atoms with Crippen LogP contribution in [-0.4, -0.2) is 21.0 Å². The third-order valence-corrected chi connectivity index (χ3v) is 2.93. The van der Waals surface area contributed by atoms with Gasteiger partial charge in [0, 0.05) is 6.20 Å².